The standard InChI is InChI=1S/C16H17N3O4S2/c1-9-13(25-15(18-9)10-3-6-24-8-10)16(22)19-5-4-17-14(21)11(19)7-12(20)23-2/h3,6,8,11H,4-5,7H2,1-2H3,(H,17,21). The smallest absolute Gasteiger partial charge is 0.308 e. The number of esters is 1. The van der Waals surface area contributed by atoms with Crippen LogP contribution in [0.1, 0.15) is 21.8 Å². The number of methoxy groups -OCH3 is 1. The van der Waals surface area contributed by atoms with E-state index < -0.39 is 12.0 Å². The molecule has 0 bridgehead atoms. The molecule has 2 aromatic heterocycles. The Morgan fingerprint density at radius 3 is 2.96 bits per heavy atom. The molecule has 3 heterocycles. The second-order valence-corrected chi connectivity index (χ2v) is 7.31. The molecule has 1 fully saturated rings. The van der Waals surface area contributed by atoms with Gasteiger partial charge in [0.15, 0.2) is 0 Å². The monoisotopic (exact) mass is 379 g/mol. The van der Waals surface area contributed by atoms with Crippen LogP contribution in [0.25, 0.3) is 10.6 Å². The van der Waals surface area contributed by atoms with Crippen LogP contribution < -0.4 is 5.32 Å². The number of nitrogens with one attached hydrogen (secondary N) is 1. The number of hydrogen-bond acceptors (Lipinski definition) is 7. The number of aryl methyl sites for hydroxylation is 1. The minimum atomic E-state index is -0.861. The van der Waals surface area contributed by atoms with Crippen molar-refractivity contribution in [1.29, 1.82) is 0 Å². The van der Waals surface area contributed by atoms with Crippen LogP contribution in [0, 0.1) is 6.92 Å². The van der Waals surface area contributed by atoms with E-state index in [4.69, 9.17) is 0 Å². The van der Waals surface area contributed by atoms with E-state index in [1.54, 1.807) is 18.3 Å². The first-order valence-corrected chi connectivity index (χ1v) is 9.42. The summed E-state index contributed by atoms with van der Waals surface area (Å²) < 4.78 is 4.65. The zero-order valence-electron chi connectivity index (χ0n) is 13.8. The van der Waals surface area contributed by atoms with Gasteiger partial charge in [0.05, 0.1) is 19.2 Å². The minimum absolute atomic E-state index is 0.163. The van der Waals surface area contributed by atoms with Crippen molar-refractivity contribution in [3.8, 4) is 10.6 Å². The third kappa shape index (κ3) is 3.57. The Hall–Kier alpha value is -2.26. The van der Waals surface area contributed by atoms with E-state index in [-0.39, 0.29) is 18.2 Å². The van der Waals surface area contributed by atoms with Gasteiger partial charge in [-0.25, -0.2) is 4.98 Å². The molecule has 0 radical (unpaired) electrons. The lowest BCUT2D eigenvalue weighted by Gasteiger charge is -2.34. The van der Waals surface area contributed by atoms with E-state index in [9.17, 15) is 14.4 Å². The molecule has 0 aliphatic carbocycles. The summed E-state index contributed by atoms with van der Waals surface area (Å²) in [5.41, 5.74) is 1.60. The predicted molar refractivity (Wildman–Crippen MR) is 94.6 cm³/mol. The van der Waals surface area contributed by atoms with E-state index in [0.717, 1.165) is 10.6 Å². The molecular formula is C16H17N3O4S2. The lowest BCUT2D eigenvalue weighted by Crippen LogP contribution is -2.57. The number of nitrogens with zero attached hydrogens (tertiary/aromatic N) is 2. The summed E-state index contributed by atoms with van der Waals surface area (Å²) in [5, 5.41) is 7.39. The van der Waals surface area contributed by atoms with Crippen LogP contribution in [0.15, 0.2) is 16.8 Å². The van der Waals surface area contributed by atoms with Crippen molar-refractivity contribution in [3.05, 3.63) is 27.4 Å². The number of thiophene rings is 1. The number of ether oxygens (including phenoxy) is 1. The highest BCUT2D eigenvalue weighted by Crippen LogP contribution is 2.30. The molecule has 2 amide bonds. The average Bonchev–Trinajstić information content (AvgIpc) is 3.25. The van der Waals surface area contributed by atoms with Crippen molar-refractivity contribution >= 4 is 40.5 Å². The Morgan fingerprint density at radius 1 is 1.48 bits per heavy atom. The summed E-state index contributed by atoms with van der Waals surface area (Å²) in [6.45, 7) is 2.48. The summed E-state index contributed by atoms with van der Waals surface area (Å²) >= 11 is 2.87. The number of aromatic nitrogens is 1. The number of thiazole rings is 1. The highest BCUT2D eigenvalue weighted by molar-refractivity contribution is 7.17. The van der Waals surface area contributed by atoms with Gasteiger partial charge in [-0.3, -0.25) is 14.4 Å². The molecule has 1 saturated heterocycles. The molecular weight excluding hydrogens is 362 g/mol. The molecule has 0 saturated carbocycles. The number of carbonyl (C=O) groups is 3. The third-order valence-corrected chi connectivity index (χ3v) is 5.82. The van der Waals surface area contributed by atoms with E-state index >= 15 is 0 Å². The first kappa shape index (κ1) is 17.6. The van der Waals surface area contributed by atoms with Crippen LogP contribution in [-0.4, -0.2) is 53.9 Å². The molecule has 1 aliphatic heterocycles. The fourth-order valence-corrected chi connectivity index (χ4v) is 4.37. The number of hydrogen-bond donors (Lipinski definition) is 1. The molecule has 9 heteroatoms. The lowest BCUT2D eigenvalue weighted by atomic mass is 10.1. The molecule has 132 valence electrons. The van der Waals surface area contributed by atoms with Gasteiger partial charge in [-0.2, -0.15) is 11.3 Å². The second-order valence-electron chi connectivity index (χ2n) is 5.53. The topological polar surface area (TPSA) is 88.6 Å². The fraction of sp³-hybridized carbons (Fsp3) is 0.375. The highest BCUT2D eigenvalue weighted by Gasteiger charge is 2.36. The summed E-state index contributed by atoms with van der Waals surface area (Å²) in [7, 11) is 1.26. The van der Waals surface area contributed by atoms with E-state index in [2.05, 4.69) is 15.0 Å². The van der Waals surface area contributed by atoms with Crippen LogP contribution in [0.3, 0.4) is 0 Å². The van der Waals surface area contributed by atoms with Crippen molar-refractivity contribution in [3.63, 3.8) is 0 Å². The van der Waals surface area contributed by atoms with Crippen LogP contribution in [-0.2, 0) is 14.3 Å². The van der Waals surface area contributed by atoms with Crippen LogP contribution in [0.5, 0.6) is 0 Å². The molecule has 1 aliphatic rings. The summed E-state index contributed by atoms with van der Waals surface area (Å²) in [4.78, 5) is 43.2. The normalized spacial score (nSPS) is 17.3. The third-order valence-electron chi connectivity index (χ3n) is 3.94. The lowest BCUT2D eigenvalue weighted by molar-refractivity contribution is -0.145. The average molecular weight is 379 g/mol. The maximum atomic E-state index is 13.0. The maximum absolute atomic E-state index is 13.0. The number of amides is 2. The van der Waals surface area contributed by atoms with Gasteiger partial charge in [0.1, 0.15) is 15.9 Å². The Labute approximate surface area is 152 Å². The van der Waals surface area contributed by atoms with Crippen molar-refractivity contribution < 1.29 is 19.1 Å². The van der Waals surface area contributed by atoms with Gasteiger partial charge < -0.3 is 15.0 Å². The first-order valence-electron chi connectivity index (χ1n) is 7.66. The van der Waals surface area contributed by atoms with Crippen LogP contribution in [0.2, 0.25) is 0 Å². The quantitative estimate of drug-likeness (QED) is 0.817. The zero-order valence-corrected chi connectivity index (χ0v) is 15.4. The van der Waals surface area contributed by atoms with E-state index in [1.807, 2.05) is 16.8 Å². The Kier molecular flexibility index (Phi) is 5.14. The number of piperazine rings is 1. The van der Waals surface area contributed by atoms with Crippen LogP contribution in [0.4, 0.5) is 0 Å². The van der Waals surface area contributed by atoms with Crippen molar-refractivity contribution in [2.75, 3.05) is 20.2 Å². The van der Waals surface area contributed by atoms with Gasteiger partial charge in [0.25, 0.3) is 5.91 Å². The van der Waals surface area contributed by atoms with Gasteiger partial charge >= 0.3 is 5.97 Å². The van der Waals surface area contributed by atoms with E-state index in [0.29, 0.717) is 23.7 Å². The molecule has 7 nitrogen and oxygen atoms in total. The highest BCUT2D eigenvalue weighted by atomic mass is 32.1. The van der Waals surface area contributed by atoms with Crippen molar-refractivity contribution in [1.82, 2.24) is 15.2 Å². The van der Waals surface area contributed by atoms with Gasteiger partial charge in [-0.15, -0.1) is 11.3 Å². The molecule has 3 rings (SSSR count). The maximum Gasteiger partial charge on any atom is 0.308 e. The summed E-state index contributed by atoms with van der Waals surface area (Å²) in [6.07, 6.45) is -0.163. The molecule has 25 heavy (non-hydrogen) atoms. The molecule has 0 aromatic carbocycles. The second kappa shape index (κ2) is 7.32. The van der Waals surface area contributed by atoms with E-state index in [1.165, 1.54) is 23.3 Å². The number of rotatable bonds is 4. The van der Waals surface area contributed by atoms with Crippen molar-refractivity contribution in [2.24, 2.45) is 0 Å². The predicted octanol–water partition coefficient (Wildman–Crippen LogP) is 1.68. The minimum Gasteiger partial charge on any atom is -0.469 e. The molecule has 1 unspecified atom stereocenters. The SMILES string of the molecule is COC(=O)CC1C(=O)NCCN1C(=O)c1sc(-c2ccsc2)nc1C. The van der Waals surface area contributed by atoms with Gasteiger partial charge in [-0.1, -0.05) is 0 Å². The largest absolute Gasteiger partial charge is 0.469 e. The summed E-state index contributed by atoms with van der Waals surface area (Å²) in [6, 6.07) is 1.09. The fourth-order valence-electron chi connectivity index (χ4n) is 2.64. The molecule has 1 N–H and O–H groups in total. The summed E-state index contributed by atoms with van der Waals surface area (Å²) in [5.74, 6) is -1.15. The number of carbonyl (C=O) groups excluding carboxylic acids is 3. The van der Waals surface area contributed by atoms with Crippen LogP contribution >= 0.6 is 22.7 Å². The first-order chi connectivity index (χ1) is 12.0. The molecule has 0 spiro atoms. The zero-order chi connectivity index (χ0) is 18.0. The Bertz CT molecular complexity index is 800. The van der Waals surface area contributed by atoms with Gasteiger partial charge in [0.2, 0.25) is 5.91 Å². The van der Waals surface area contributed by atoms with Gasteiger partial charge in [-0.05, 0) is 18.4 Å². The Morgan fingerprint density at radius 2 is 2.28 bits per heavy atom. The van der Waals surface area contributed by atoms with Gasteiger partial charge in [0, 0.05) is 24.0 Å². The molecule has 1 atom stereocenters. The van der Waals surface area contributed by atoms with Crippen molar-refractivity contribution in [2.45, 2.75) is 19.4 Å². The molecule has 2 aromatic rings. The Balaban J connectivity index is 1.87.